The van der Waals surface area contributed by atoms with Crippen molar-refractivity contribution in [2.45, 2.75) is 45.3 Å². The number of nitrogens with zero attached hydrogens (tertiary/aromatic N) is 2. The lowest BCUT2D eigenvalue weighted by Crippen LogP contribution is -2.39. The van der Waals surface area contributed by atoms with Gasteiger partial charge < -0.3 is 24.6 Å². The van der Waals surface area contributed by atoms with Gasteiger partial charge in [0.25, 0.3) is 5.91 Å². The zero-order chi connectivity index (χ0) is 19.5. The van der Waals surface area contributed by atoms with E-state index in [4.69, 9.17) is 4.74 Å². The number of likely N-dealkylation sites (tertiary alicyclic amines) is 1. The highest BCUT2D eigenvalue weighted by molar-refractivity contribution is 6.09. The summed E-state index contributed by atoms with van der Waals surface area (Å²) < 4.78 is 8.02. The van der Waals surface area contributed by atoms with E-state index in [1.807, 2.05) is 25.1 Å². The Morgan fingerprint density at radius 2 is 2.07 bits per heavy atom. The molecule has 2 aliphatic rings. The number of aryl methyl sites for hydroxylation is 1. The lowest BCUT2D eigenvalue weighted by molar-refractivity contribution is 0.0925. The van der Waals surface area contributed by atoms with Crippen molar-refractivity contribution < 1.29 is 14.6 Å². The lowest BCUT2D eigenvalue weighted by Gasteiger charge is -2.32. The second-order valence-electron chi connectivity index (χ2n) is 8.18. The van der Waals surface area contributed by atoms with Crippen LogP contribution in [0.4, 0.5) is 0 Å². The summed E-state index contributed by atoms with van der Waals surface area (Å²) in [5.41, 5.74) is 1.76. The van der Waals surface area contributed by atoms with Crippen molar-refractivity contribution in [1.82, 2.24) is 14.8 Å². The molecule has 1 saturated heterocycles. The topological polar surface area (TPSA) is 66.7 Å². The summed E-state index contributed by atoms with van der Waals surface area (Å²) in [5.74, 6) is 1.21. The molecule has 152 valence electrons. The molecule has 0 saturated carbocycles. The number of piperidine rings is 1. The van der Waals surface area contributed by atoms with Gasteiger partial charge in [-0.15, -0.1) is 0 Å². The summed E-state index contributed by atoms with van der Waals surface area (Å²) in [6, 6.07) is 8.07. The Kier molecular flexibility index (Phi) is 5.87. The Balaban J connectivity index is 1.38. The van der Waals surface area contributed by atoms with Gasteiger partial charge in [0.1, 0.15) is 5.56 Å². The maximum absolute atomic E-state index is 13.0. The van der Waals surface area contributed by atoms with Crippen molar-refractivity contribution in [2.75, 3.05) is 32.8 Å². The number of nitrogens with one attached hydrogen (secondary N) is 1. The van der Waals surface area contributed by atoms with Gasteiger partial charge in [-0.25, -0.2) is 0 Å². The minimum absolute atomic E-state index is 0.0246. The van der Waals surface area contributed by atoms with Crippen molar-refractivity contribution >= 4 is 16.8 Å². The van der Waals surface area contributed by atoms with Gasteiger partial charge in [0.05, 0.1) is 18.2 Å². The minimum atomic E-state index is -0.234. The second-order valence-corrected chi connectivity index (χ2v) is 8.18. The molecule has 28 heavy (non-hydrogen) atoms. The number of hydrogen-bond donors (Lipinski definition) is 2. The van der Waals surface area contributed by atoms with E-state index in [-0.39, 0.29) is 12.0 Å². The van der Waals surface area contributed by atoms with Crippen LogP contribution in [-0.2, 0) is 6.54 Å². The Morgan fingerprint density at radius 1 is 1.29 bits per heavy atom. The number of carbonyl (C=O) groups is 1. The molecule has 1 fully saturated rings. The van der Waals surface area contributed by atoms with Crippen LogP contribution in [0.2, 0.25) is 0 Å². The molecule has 0 aliphatic carbocycles. The molecule has 2 aliphatic heterocycles. The quantitative estimate of drug-likeness (QED) is 0.802. The molecule has 2 aromatic rings. The highest BCUT2D eigenvalue weighted by atomic mass is 16.5. The number of aliphatic hydroxyl groups excluding tert-OH is 1. The summed E-state index contributed by atoms with van der Waals surface area (Å²) in [4.78, 5) is 15.4. The maximum atomic E-state index is 13.0. The SMILES string of the molecule is CC(O)CCN1CCC(CNC(=O)c2c3n(c4ccccc24)CCCO3)CC1. The predicted octanol–water partition coefficient (Wildman–Crippen LogP) is 2.64. The summed E-state index contributed by atoms with van der Waals surface area (Å²) in [6.45, 7) is 7.16. The third-order valence-electron chi connectivity index (χ3n) is 6.04. The number of rotatable bonds is 6. The number of fused-ring (bicyclic) bond motifs is 3. The van der Waals surface area contributed by atoms with Crippen LogP contribution in [0.5, 0.6) is 5.88 Å². The van der Waals surface area contributed by atoms with Gasteiger partial charge in [0.2, 0.25) is 5.88 Å². The first-order chi connectivity index (χ1) is 13.6. The molecule has 1 amide bonds. The fourth-order valence-corrected chi connectivity index (χ4v) is 4.37. The summed E-state index contributed by atoms with van der Waals surface area (Å²) in [6.07, 6.45) is 3.74. The molecule has 1 aromatic heterocycles. The van der Waals surface area contributed by atoms with Gasteiger partial charge in [-0.3, -0.25) is 4.79 Å². The van der Waals surface area contributed by atoms with Gasteiger partial charge in [-0.2, -0.15) is 0 Å². The van der Waals surface area contributed by atoms with Gasteiger partial charge in [-0.1, -0.05) is 18.2 Å². The van der Waals surface area contributed by atoms with Crippen LogP contribution in [0.25, 0.3) is 10.9 Å². The van der Waals surface area contributed by atoms with E-state index in [0.717, 1.165) is 68.6 Å². The molecule has 0 spiro atoms. The molecule has 6 nitrogen and oxygen atoms in total. The average Bonchev–Trinajstić information content (AvgIpc) is 3.06. The number of aromatic nitrogens is 1. The molecule has 4 rings (SSSR count). The van der Waals surface area contributed by atoms with Crippen molar-refractivity contribution in [3.63, 3.8) is 0 Å². The van der Waals surface area contributed by atoms with E-state index in [2.05, 4.69) is 20.9 Å². The van der Waals surface area contributed by atoms with E-state index in [1.165, 1.54) is 0 Å². The van der Waals surface area contributed by atoms with Gasteiger partial charge >= 0.3 is 0 Å². The third kappa shape index (κ3) is 4.03. The van der Waals surface area contributed by atoms with Crippen LogP contribution in [0.15, 0.2) is 24.3 Å². The van der Waals surface area contributed by atoms with Gasteiger partial charge in [0.15, 0.2) is 0 Å². The maximum Gasteiger partial charge on any atom is 0.257 e. The first-order valence-corrected chi connectivity index (χ1v) is 10.6. The smallest absolute Gasteiger partial charge is 0.257 e. The molecule has 1 unspecified atom stereocenters. The highest BCUT2D eigenvalue weighted by Crippen LogP contribution is 2.34. The van der Waals surface area contributed by atoms with Crippen molar-refractivity contribution in [3.8, 4) is 5.88 Å². The third-order valence-corrected chi connectivity index (χ3v) is 6.04. The van der Waals surface area contributed by atoms with Crippen LogP contribution in [-0.4, -0.2) is 59.4 Å². The zero-order valence-electron chi connectivity index (χ0n) is 16.7. The largest absolute Gasteiger partial charge is 0.478 e. The van der Waals surface area contributed by atoms with Gasteiger partial charge in [0, 0.05) is 25.0 Å². The number of carbonyl (C=O) groups excluding carboxylic acids is 1. The number of para-hydroxylation sites is 1. The Labute approximate surface area is 166 Å². The minimum Gasteiger partial charge on any atom is -0.478 e. The predicted molar refractivity (Wildman–Crippen MR) is 110 cm³/mol. The van der Waals surface area contributed by atoms with Crippen molar-refractivity contribution in [1.29, 1.82) is 0 Å². The lowest BCUT2D eigenvalue weighted by atomic mass is 9.96. The van der Waals surface area contributed by atoms with Crippen LogP contribution in [0.1, 0.15) is 43.0 Å². The molecular formula is C22H31N3O3. The molecule has 0 bridgehead atoms. The van der Waals surface area contributed by atoms with Crippen LogP contribution in [0.3, 0.4) is 0 Å². The van der Waals surface area contributed by atoms with E-state index >= 15 is 0 Å². The van der Waals surface area contributed by atoms with Crippen molar-refractivity contribution in [3.05, 3.63) is 29.8 Å². The number of benzene rings is 1. The van der Waals surface area contributed by atoms with E-state index in [0.29, 0.717) is 24.6 Å². The summed E-state index contributed by atoms with van der Waals surface area (Å²) in [5, 5.41) is 13.6. The molecule has 6 heteroatoms. The number of amides is 1. The number of hydrogen-bond acceptors (Lipinski definition) is 4. The summed E-state index contributed by atoms with van der Waals surface area (Å²) in [7, 11) is 0. The molecule has 3 heterocycles. The Hall–Kier alpha value is -2.05. The second kappa shape index (κ2) is 8.53. The molecule has 1 atom stereocenters. The van der Waals surface area contributed by atoms with Crippen LogP contribution in [0, 0.1) is 5.92 Å². The molecule has 2 N–H and O–H groups in total. The normalized spacial score (nSPS) is 19.2. The average molecular weight is 386 g/mol. The van der Waals surface area contributed by atoms with E-state index in [9.17, 15) is 9.90 Å². The van der Waals surface area contributed by atoms with Crippen LogP contribution < -0.4 is 10.1 Å². The fourth-order valence-electron chi connectivity index (χ4n) is 4.37. The fraction of sp³-hybridized carbons (Fsp3) is 0.591. The number of aliphatic hydroxyl groups is 1. The Morgan fingerprint density at radius 3 is 2.86 bits per heavy atom. The standard InChI is InChI=1S/C22H31N3O3/c1-16(26)7-11-24-12-8-17(9-13-24)15-23-21(27)20-18-5-2-3-6-19(18)25-10-4-14-28-22(20)25/h2-3,5-6,16-17,26H,4,7-15H2,1H3,(H,23,27). The first kappa shape index (κ1) is 19.3. The summed E-state index contributed by atoms with van der Waals surface area (Å²) >= 11 is 0. The van der Waals surface area contributed by atoms with E-state index in [1.54, 1.807) is 0 Å². The molecular weight excluding hydrogens is 354 g/mol. The van der Waals surface area contributed by atoms with E-state index < -0.39 is 0 Å². The Bertz CT molecular complexity index is 822. The molecule has 1 aromatic carbocycles. The first-order valence-electron chi connectivity index (χ1n) is 10.6. The molecule has 0 radical (unpaired) electrons. The van der Waals surface area contributed by atoms with Crippen LogP contribution >= 0.6 is 0 Å². The highest BCUT2D eigenvalue weighted by Gasteiger charge is 2.27. The number of ether oxygens (including phenoxy) is 1. The van der Waals surface area contributed by atoms with Gasteiger partial charge in [-0.05, 0) is 57.7 Å². The monoisotopic (exact) mass is 385 g/mol. The zero-order valence-corrected chi connectivity index (χ0v) is 16.7. The van der Waals surface area contributed by atoms with Crippen molar-refractivity contribution in [2.24, 2.45) is 5.92 Å².